The van der Waals surface area contributed by atoms with Gasteiger partial charge in [0.15, 0.2) is 0 Å². The molecule has 0 saturated carbocycles. The summed E-state index contributed by atoms with van der Waals surface area (Å²) in [6, 6.07) is 1.73. The van der Waals surface area contributed by atoms with E-state index >= 15 is 0 Å². The van der Waals surface area contributed by atoms with Gasteiger partial charge in [-0.15, -0.1) is 0 Å². The van der Waals surface area contributed by atoms with Crippen LogP contribution in [0.4, 0.5) is 0 Å². The largest absolute Gasteiger partial charge is 0.481 e. The molecule has 1 aliphatic heterocycles. The number of carboxylic acids is 1. The molecule has 3 heterocycles. The Balaban J connectivity index is 1.91. The first-order chi connectivity index (χ1) is 12.4. The lowest BCUT2D eigenvalue weighted by molar-refractivity contribution is -0.141. The second kappa shape index (κ2) is 7.23. The smallest absolute Gasteiger partial charge is 0.303 e. The van der Waals surface area contributed by atoms with Gasteiger partial charge in [0.25, 0.3) is 0 Å². The number of hydrogen-bond acceptors (Lipinski definition) is 6. The first kappa shape index (κ1) is 18.0. The summed E-state index contributed by atoms with van der Waals surface area (Å²) in [7, 11) is 0. The fourth-order valence-electron chi connectivity index (χ4n) is 3.47. The van der Waals surface area contributed by atoms with Gasteiger partial charge < -0.3 is 14.5 Å². The fourth-order valence-corrected chi connectivity index (χ4v) is 3.47. The predicted octanol–water partition coefficient (Wildman–Crippen LogP) is 2.59. The molecule has 8 nitrogen and oxygen atoms in total. The maximum atomic E-state index is 12.4. The zero-order valence-corrected chi connectivity index (χ0v) is 15.2. The predicted molar refractivity (Wildman–Crippen MR) is 92.3 cm³/mol. The zero-order chi connectivity index (χ0) is 18.8. The van der Waals surface area contributed by atoms with E-state index in [-0.39, 0.29) is 24.8 Å². The van der Waals surface area contributed by atoms with Gasteiger partial charge in [-0.1, -0.05) is 5.16 Å². The second-order valence-electron chi connectivity index (χ2n) is 6.56. The quantitative estimate of drug-likeness (QED) is 0.874. The molecule has 1 unspecified atom stereocenters. The van der Waals surface area contributed by atoms with Gasteiger partial charge >= 0.3 is 5.97 Å². The summed E-state index contributed by atoms with van der Waals surface area (Å²) in [6.45, 7) is 6.13. The van der Waals surface area contributed by atoms with Gasteiger partial charge in [-0.2, -0.15) is 0 Å². The van der Waals surface area contributed by atoms with Crippen LogP contribution in [0.2, 0.25) is 0 Å². The summed E-state index contributed by atoms with van der Waals surface area (Å²) in [5.41, 5.74) is 3.10. The van der Waals surface area contributed by atoms with Crippen LogP contribution in [0.3, 0.4) is 0 Å². The number of nitrogens with zero attached hydrogens (tertiary/aromatic N) is 4. The lowest BCUT2D eigenvalue weighted by atomic mass is 10.1. The highest BCUT2D eigenvalue weighted by molar-refractivity contribution is 5.81. The van der Waals surface area contributed by atoms with Crippen LogP contribution in [0.5, 0.6) is 0 Å². The minimum Gasteiger partial charge on any atom is -0.481 e. The lowest BCUT2D eigenvalue weighted by Gasteiger charge is -2.24. The van der Waals surface area contributed by atoms with E-state index in [0.29, 0.717) is 18.1 Å². The first-order valence-electron chi connectivity index (χ1n) is 8.67. The van der Waals surface area contributed by atoms with Crippen LogP contribution in [0, 0.1) is 20.8 Å². The standard InChI is InChI=1S/C18H22N4O4/c1-10-18(11(2)26-21-10)14-9-13(19-12(3)20-14)15-5-4-8-22(15)16(23)6-7-17(24)25/h9,15H,4-8H2,1-3H3,(H,24,25). The van der Waals surface area contributed by atoms with Crippen molar-refractivity contribution in [2.75, 3.05) is 6.54 Å². The van der Waals surface area contributed by atoms with Crippen LogP contribution in [0.25, 0.3) is 11.3 Å². The molecule has 0 spiro atoms. The van der Waals surface area contributed by atoms with Crippen LogP contribution in [0.15, 0.2) is 10.6 Å². The van der Waals surface area contributed by atoms with Crippen LogP contribution in [-0.4, -0.2) is 43.6 Å². The molecule has 138 valence electrons. The Hall–Kier alpha value is -2.77. The van der Waals surface area contributed by atoms with Crippen molar-refractivity contribution in [2.45, 2.75) is 52.5 Å². The van der Waals surface area contributed by atoms with E-state index in [0.717, 1.165) is 35.5 Å². The van der Waals surface area contributed by atoms with Gasteiger partial charge in [0.1, 0.15) is 11.6 Å². The van der Waals surface area contributed by atoms with E-state index in [4.69, 9.17) is 9.63 Å². The van der Waals surface area contributed by atoms with Crippen molar-refractivity contribution in [3.8, 4) is 11.3 Å². The third-order valence-electron chi connectivity index (χ3n) is 4.61. The second-order valence-corrected chi connectivity index (χ2v) is 6.56. The third kappa shape index (κ3) is 3.58. The fraction of sp³-hybridized carbons (Fsp3) is 0.500. The summed E-state index contributed by atoms with van der Waals surface area (Å²) in [6.07, 6.45) is 1.52. The van der Waals surface area contributed by atoms with Gasteiger partial charge in [-0.3, -0.25) is 9.59 Å². The third-order valence-corrected chi connectivity index (χ3v) is 4.61. The number of hydrogen-bond donors (Lipinski definition) is 1. The van der Waals surface area contributed by atoms with Crippen LogP contribution in [0.1, 0.15) is 54.7 Å². The monoisotopic (exact) mass is 358 g/mol. The van der Waals surface area contributed by atoms with Gasteiger partial charge in [-0.25, -0.2) is 9.97 Å². The molecule has 3 rings (SSSR count). The Morgan fingerprint density at radius 3 is 2.69 bits per heavy atom. The van der Waals surface area contributed by atoms with Crippen molar-refractivity contribution >= 4 is 11.9 Å². The Bertz CT molecular complexity index is 826. The number of carboxylic acid groups (broad SMARTS) is 1. The van der Waals surface area contributed by atoms with Gasteiger partial charge in [-0.05, 0) is 39.7 Å². The summed E-state index contributed by atoms with van der Waals surface area (Å²) < 4.78 is 5.24. The molecule has 2 aromatic rings. The number of aromatic nitrogens is 3. The normalized spacial score (nSPS) is 16.9. The van der Waals surface area contributed by atoms with E-state index in [1.165, 1.54) is 0 Å². The maximum Gasteiger partial charge on any atom is 0.303 e. The van der Waals surface area contributed by atoms with E-state index in [1.54, 1.807) is 4.90 Å². The number of carbonyl (C=O) groups is 2. The van der Waals surface area contributed by atoms with Crippen molar-refractivity contribution in [3.63, 3.8) is 0 Å². The van der Waals surface area contributed by atoms with Crippen LogP contribution < -0.4 is 0 Å². The average molecular weight is 358 g/mol. The Kier molecular flexibility index (Phi) is 5.01. The maximum absolute atomic E-state index is 12.4. The number of likely N-dealkylation sites (tertiary alicyclic amines) is 1. The van der Waals surface area contributed by atoms with E-state index in [9.17, 15) is 9.59 Å². The zero-order valence-electron chi connectivity index (χ0n) is 15.2. The molecule has 1 fully saturated rings. The lowest BCUT2D eigenvalue weighted by Crippen LogP contribution is -2.31. The topological polar surface area (TPSA) is 109 Å². The molecule has 26 heavy (non-hydrogen) atoms. The molecule has 1 aliphatic rings. The first-order valence-corrected chi connectivity index (χ1v) is 8.67. The molecule has 1 atom stereocenters. The number of amides is 1. The molecule has 2 aromatic heterocycles. The van der Waals surface area contributed by atoms with E-state index in [1.807, 2.05) is 26.8 Å². The molecule has 1 saturated heterocycles. The van der Waals surface area contributed by atoms with Crippen molar-refractivity contribution in [3.05, 3.63) is 29.0 Å². The number of aryl methyl sites for hydroxylation is 3. The molecular weight excluding hydrogens is 336 g/mol. The summed E-state index contributed by atoms with van der Waals surface area (Å²) in [4.78, 5) is 34.0. The Labute approximate surface area is 151 Å². The molecular formula is C18H22N4O4. The SMILES string of the molecule is Cc1nc(-c2c(C)noc2C)cc(C2CCCN2C(=O)CCC(=O)O)n1. The molecule has 0 aliphatic carbocycles. The van der Waals surface area contributed by atoms with Crippen molar-refractivity contribution in [1.29, 1.82) is 0 Å². The highest BCUT2D eigenvalue weighted by Crippen LogP contribution is 2.34. The van der Waals surface area contributed by atoms with Crippen LogP contribution >= 0.6 is 0 Å². The van der Waals surface area contributed by atoms with Gasteiger partial charge in [0, 0.05) is 13.0 Å². The summed E-state index contributed by atoms with van der Waals surface area (Å²) in [5, 5.41) is 12.8. The molecule has 1 amide bonds. The highest BCUT2D eigenvalue weighted by Gasteiger charge is 2.31. The molecule has 0 aromatic carbocycles. The molecule has 8 heteroatoms. The molecule has 0 radical (unpaired) electrons. The number of rotatable bonds is 5. The highest BCUT2D eigenvalue weighted by atomic mass is 16.5. The van der Waals surface area contributed by atoms with Gasteiger partial charge in [0.2, 0.25) is 5.91 Å². The Morgan fingerprint density at radius 1 is 1.27 bits per heavy atom. The van der Waals surface area contributed by atoms with Crippen molar-refractivity contribution in [1.82, 2.24) is 20.0 Å². The average Bonchev–Trinajstić information content (AvgIpc) is 3.19. The molecule has 0 bridgehead atoms. The minimum absolute atomic E-state index is 0.00657. The summed E-state index contributed by atoms with van der Waals surface area (Å²) in [5.74, 6) is 0.187. The number of carbonyl (C=O) groups excluding carboxylic acids is 1. The van der Waals surface area contributed by atoms with Gasteiger partial charge in [0.05, 0.1) is 35.1 Å². The number of aliphatic carboxylic acids is 1. The van der Waals surface area contributed by atoms with Crippen molar-refractivity contribution < 1.29 is 19.2 Å². The van der Waals surface area contributed by atoms with E-state index < -0.39 is 5.97 Å². The minimum atomic E-state index is -0.965. The molecule has 1 N–H and O–H groups in total. The summed E-state index contributed by atoms with van der Waals surface area (Å²) >= 11 is 0. The van der Waals surface area contributed by atoms with E-state index in [2.05, 4.69) is 15.1 Å². The van der Waals surface area contributed by atoms with Crippen LogP contribution in [-0.2, 0) is 9.59 Å². The van der Waals surface area contributed by atoms with Crippen molar-refractivity contribution in [2.24, 2.45) is 0 Å². The Morgan fingerprint density at radius 2 is 2.04 bits per heavy atom.